The van der Waals surface area contributed by atoms with Gasteiger partial charge >= 0.3 is 0 Å². The maximum absolute atomic E-state index is 11.8. The molecule has 0 saturated heterocycles. The fourth-order valence-corrected chi connectivity index (χ4v) is 1.38. The highest BCUT2D eigenvalue weighted by atomic mass is 16.5. The number of unbranched alkanes of at least 4 members (excludes halogenated alkanes) is 3. The Morgan fingerprint density at radius 1 is 1.00 bits per heavy atom. The van der Waals surface area contributed by atoms with Crippen molar-refractivity contribution in [2.45, 2.75) is 46.5 Å². The van der Waals surface area contributed by atoms with E-state index < -0.39 is 0 Å². The summed E-state index contributed by atoms with van der Waals surface area (Å²) in [6.07, 6.45) is 9.15. The van der Waals surface area contributed by atoms with E-state index >= 15 is 0 Å². The fourth-order valence-electron chi connectivity index (χ4n) is 1.38. The van der Waals surface area contributed by atoms with Gasteiger partial charge in [-0.1, -0.05) is 25.8 Å². The van der Waals surface area contributed by atoms with Crippen LogP contribution in [0.15, 0.2) is 12.2 Å². The first-order valence-corrected chi connectivity index (χ1v) is 5.90. The molecular formula is C12H25NO. The maximum Gasteiger partial charge on any atom is 0.0970 e. The van der Waals surface area contributed by atoms with E-state index in [4.69, 9.17) is 0 Å². The van der Waals surface area contributed by atoms with Crippen molar-refractivity contribution in [2.75, 3.05) is 19.6 Å². The molecule has 0 aromatic carbocycles. The molecule has 0 aromatic heterocycles. The number of likely N-dealkylation sites (N-methyl/N-ethyl adjacent to an activating group) is 1. The van der Waals surface area contributed by atoms with Crippen molar-refractivity contribution in [3.8, 4) is 0 Å². The largest absolute Gasteiger partial charge is 0.633 e. The molecule has 0 spiro atoms. The lowest BCUT2D eigenvalue weighted by Gasteiger charge is -2.40. The zero-order valence-electron chi connectivity index (χ0n) is 9.96. The molecule has 2 nitrogen and oxygen atoms in total. The van der Waals surface area contributed by atoms with Gasteiger partial charge in [-0.3, -0.25) is 0 Å². The molecule has 0 aliphatic rings. The van der Waals surface area contributed by atoms with Gasteiger partial charge in [-0.05, 0) is 32.8 Å². The molecular weight excluding hydrogens is 174 g/mol. The minimum atomic E-state index is -0.0791. The fraction of sp³-hybridized carbons (Fsp3) is 0.833. The minimum Gasteiger partial charge on any atom is -0.633 e. The average molecular weight is 199 g/mol. The summed E-state index contributed by atoms with van der Waals surface area (Å²) in [6.45, 7) is 8.12. The molecule has 0 saturated carbocycles. The highest BCUT2D eigenvalue weighted by Crippen LogP contribution is 2.04. The molecule has 0 bridgehead atoms. The van der Waals surface area contributed by atoms with Gasteiger partial charge in [0, 0.05) is 0 Å². The second kappa shape index (κ2) is 8.01. The van der Waals surface area contributed by atoms with Gasteiger partial charge in [0.1, 0.15) is 0 Å². The Morgan fingerprint density at radius 2 is 1.64 bits per heavy atom. The molecule has 0 N–H and O–H groups in total. The quantitative estimate of drug-likeness (QED) is 0.254. The molecule has 0 unspecified atom stereocenters. The monoisotopic (exact) mass is 199 g/mol. The maximum atomic E-state index is 11.8. The summed E-state index contributed by atoms with van der Waals surface area (Å²) in [5.41, 5.74) is 0. The molecule has 0 rings (SSSR count). The normalized spacial score (nSPS) is 12.6. The van der Waals surface area contributed by atoms with E-state index in [0.717, 1.165) is 6.42 Å². The van der Waals surface area contributed by atoms with E-state index in [9.17, 15) is 5.21 Å². The third kappa shape index (κ3) is 6.17. The van der Waals surface area contributed by atoms with Crippen molar-refractivity contribution >= 4 is 0 Å². The number of quaternary nitrogens is 1. The summed E-state index contributed by atoms with van der Waals surface area (Å²) >= 11 is 0. The summed E-state index contributed by atoms with van der Waals surface area (Å²) in [4.78, 5) is 0. The van der Waals surface area contributed by atoms with Crippen molar-refractivity contribution in [3.05, 3.63) is 17.4 Å². The smallest absolute Gasteiger partial charge is 0.0970 e. The minimum absolute atomic E-state index is 0.0791. The van der Waals surface area contributed by atoms with Gasteiger partial charge in [0.2, 0.25) is 0 Å². The van der Waals surface area contributed by atoms with Crippen LogP contribution in [0.4, 0.5) is 0 Å². The van der Waals surface area contributed by atoms with E-state index in [1.54, 1.807) is 0 Å². The lowest BCUT2D eigenvalue weighted by molar-refractivity contribution is -0.871. The van der Waals surface area contributed by atoms with Gasteiger partial charge in [0.25, 0.3) is 0 Å². The van der Waals surface area contributed by atoms with Gasteiger partial charge in [0.05, 0.1) is 19.6 Å². The number of hydrogen-bond donors (Lipinski definition) is 0. The Bertz CT molecular complexity index is 150. The van der Waals surface area contributed by atoms with E-state index in [0.29, 0.717) is 19.6 Å². The van der Waals surface area contributed by atoms with E-state index in [-0.39, 0.29) is 4.65 Å². The predicted molar refractivity (Wildman–Crippen MR) is 62.9 cm³/mol. The summed E-state index contributed by atoms with van der Waals surface area (Å²) in [5.74, 6) is 0. The topological polar surface area (TPSA) is 23.1 Å². The van der Waals surface area contributed by atoms with Crippen molar-refractivity contribution in [2.24, 2.45) is 0 Å². The molecule has 84 valence electrons. The Hall–Kier alpha value is -0.340. The summed E-state index contributed by atoms with van der Waals surface area (Å²) in [5, 5.41) is 11.8. The molecule has 0 aromatic rings. The SMILES string of the molecule is CCCCC/C=C/C[N+]([O-])(CC)CC. The van der Waals surface area contributed by atoms with Crippen LogP contribution in [-0.4, -0.2) is 24.3 Å². The number of hydrogen-bond acceptors (Lipinski definition) is 1. The van der Waals surface area contributed by atoms with Gasteiger partial charge in [-0.2, -0.15) is 0 Å². The zero-order valence-corrected chi connectivity index (χ0v) is 9.96. The predicted octanol–water partition coefficient (Wildman–Crippen LogP) is 3.48. The molecule has 14 heavy (non-hydrogen) atoms. The van der Waals surface area contributed by atoms with Crippen LogP contribution in [0.5, 0.6) is 0 Å². The molecule has 0 amide bonds. The molecule has 2 heteroatoms. The lowest BCUT2D eigenvalue weighted by Crippen LogP contribution is -2.41. The van der Waals surface area contributed by atoms with Crippen molar-refractivity contribution in [1.82, 2.24) is 0 Å². The van der Waals surface area contributed by atoms with Crippen LogP contribution >= 0.6 is 0 Å². The van der Waals surface area contributed by atoms with E-state index in [1.165, 1.54) is 19.3 Å². The van der Waals surface area contributed by atoms with Gasteiger partial charge < -0.3 is 9.85 Å². The molecule has 0 aliphatic heterocycles. The first kappa shape index (κ1) is 13.7. The standard InChI is InChI=1S/C12H25NO/c1-4-7-8-9-10-11-12-13(14,5-2)6-3/h10-11H,4-9,12H2,1-3H3/b11-10+. The number of hydroxylamine groups is 3. The highest BCUT2D eigenvalue weighted by molar-refractivity contribution is 4.81. The summed E-state index contributed by atoms with van der Waals surface area (Å²) < 4.78 is -0.0791. The molecule has 0 heterocycles. The zero-order chi connectivity index (χ0) is 10.9. The molecule has 0 radical (unpaired) electrons. The Labute approximate surface area is 88.8 Å². The molecule has 0 atom stereocenters. The van der Waals surface area contributed by atoms with E-state index in [1.807, 2.05) is 13.8 Å². The van der Waals surface area contributed by atoms with Crippen LogP contribution in [0.1, 0.15) is 46.5 Å². The van der Waals surface area contributed by atoms with Crippen molar-refractivity contribution in [3.63, 3.8) is 0 Å². The first-order valence-electron chi connectivity index (χ1n) is 5.90. The summed E-state index contributed by atoms with van der Waals surface area (Å²) in [7, 11) is 0. The number of nitrogens with zero attached hydrogens (tertiary/aromatic N) is 1. The second-order valence-electron chi connectivity index (χ2n) is 3.84. The van der Waals surface area contributed by atoms with Gasteiger partial charge in [0.15, 0.2) is 0 Å². The summed E-state index contributed by atoms with van der Waals surface area (Å²) in [6, 6.07) is 0. The third-order valence-corrected chi connectivity index (χ3v) is 2.73. The van der Waals surface area contributed by atoms with Crippen LogP contribution < -0.4 is 0 Å². The van der Waals surface area contributed by atoms with Crippen LogP contribution in [-0.2, 0) is 0 Å². The van der Waals surface area contributed by atoms with Crippen molar-refractivity contribution < 1.29 is 4.65 Å². The Kier molecular flexibility index (Phi) is 7.81. The lowest BCUT2D eigenvalue weighted by atomic mass is 10.2. The van der Waals surface area contributed by atoms with Crippen LogP contribution in [0.2, 0.25) is 0 Å². The number of allylic oxidation sites excluding steroid dienone is 1. The third-order valence-electron chi connectivity index (χ3n) is 2.73. The van der Waals surface area contributed by atoms with Crippen molar-refractivity contribution in [1.29, 1.82) is 0 Å². The first-order chi connectivity index (χ1) is 6.68. The van der Waals surface area contributed by atoms with Gasteiger partial charge in [-0.15, -0.1) is 0 Å². The highest BCUT2D eigenvalue weighted by Gasteiger charge is 2.07. The van der Waals surface area contributed by atoms with Crippen LogP contribution in [0.3, 0.4) is 0 Å². The van der Waals surface area contributed by atoms with Crippen LogP contribution in [0, 0.1) is 5.21 Å². The Morgan fingerprint density at radius 3 is 2.14 bits per heavy atom. The second-order valence-corrected chi connectivity index (χ2v) is 3.84. The van der Waals surface area contributed by atoms with Crippen LogP contribution in [0.25, 0.3) is 0 Å². The molecule has 0 fully saturated rings. The number of rotatable bonds is 8. The average Bonchev–Trinajstić information content (AvgIpc) is 2.23. The Balaban J connectivity index is 3.58. The van der Waals surface area contributed by atoms with Gasteiger partial charge in [-0.25, -0.2) is 0 Å². The molecule has 0 aliphatic carbocycles. The van der Waals surface area contributed by atoms with E-state index in [2.05, 4.69) is 19.1 Å².